The Hall–Kier alpha value is -1.39. The second-order valence-electron chi connectivity index (χ2n) is 3.83. The van der Waals surface area contributed by atoms with Gasteiger partial charge in [0.25, 0.3) is 0 Å². The first-order chi connectivity index (χ1) is 8.22. The fraction of sp³-hybridized carbons (Fsp3) is 0.333. The molecule has 2 rings (SSSR count). The van der Waals surface area contributed by atoms with E-state index in [1.54, 1.807) is 10.9 Å². The quantitative estimate of drug-likeness (QED) is 0.905. The fourth-order valence-corrected chi connectivity index (χ4v) is 1.91. The van der Waals surface area contributed by atoms with Crippen molar-refractivity contribution in [3.05, 3.63) is 35.0 Å². The number of nitrogens with zero attached hydrogens (tertiary/aromatic N) is 3. The Balaban J connectivity index is 2.28. The van der Waals surface area contributed by atoms with Crippen LogP contribution in [0.2, 0.25) is 5.02 Å². The monoisotopic (exact) mass is 250 g/mol. The summed E-state index contributed by atoms with van der Waals surface area (Å²) in [6.45, 7) is 3.80. The Labute approximate surface area is 106 Å². The van der Waals surface area contributed by atoms with Crippen LogP contribution in [0, 0.1) is 0 Å². The normalized spacial score (nSPS) is 10.8. The highest BCUT2D eigenvalue weighted by molar-refractivity contribution is 6.31. The lowest BCUT2D eigenvalue weighted by Crippen LogP contribution is -2.12. The van der Waals surface area contributed by atoms with Crippen LogP contribution in [0.25, 0.3) is 11.3 Å². The third-order valence-corrected chi connectivity index (χ3v) is 2.98. The van der Waals surface area contributed by atoms with Crippen LogP contribution in [0.1, 0.15) is 12.5 Å². The van der Waals surface area contributed by atoms with Crippen LogP contribution in [0.5, 0.6) is 0 Å². The molecule has 17 heavy (non-hydrogen) atoms. The largest absolute Gasteiger partial charge is 0.313 e. The molecule has 2 aromatic rings. The van der Waals surface area contributed by atoms with Crippen molar-refractivity contribution < 1.29 is 0 Å². The van der Waals surface area contributed by atoms with E-state index >= 15 is 0 Å². The standard InChI is InChI=1S/C12H15ClN4/c1-3-14-7-10-5-4-9(6-11(10)13)12-8-15-16-17(12)2/h4-6,8,14H,3,7H2,1-2H3. The summed E-state index contributed by atoms with van der Waals surface area (Å²) in [7, 11) is 1.86. The molecule has 0 saturated heterocycles. The molecule has 1 aromatic heterocycles. The number of benzene rings is 1. The van der Waals surface area contributed by atoms with Crippen molar-refractivity contribution in [2.45, 2.75) is 13.5 Å². The summed E-state index contributed by atoms with van der Waals surface area (Å²) < 4.78 is 1.73. The van der Waals surface area contributed by atoms with Crippen molar-refractivity contribution in [3.63, 3.8) is 0 Å². The number of hydrogen-bond acceptors (Lipinski definition) is 3. The van der Waals surface area contributed by atoms with Gasteiger partial charge in [0.05, 0.1) is 11.9 Å². The number of hydrogen-bond donors (Lipinski definition) is 1. The van der Waals surface area contributed by atoms with E-state index in [0.717, 1.165) is 34.9 Å². The van der Waals surface area contributed by atoms with Gasteiger partial charge in [0, 0.05) is 24.2 Å². The van der Waals surface area contributed by atoms with Gasteiger partial charge in [-0.05, 0) is 18.2 Å². The number of halogens is 1. The molecular weight excluding hydrogens is 236 g/mol. The topological polar surface area (TPSA) is 42.7 Å². The molecule has 0 spiro atoms. The van der Waals surface area contributed by atoms with Crippen molar-refractivity contribution in [3.8, 4) is 11.3 Å². The number of aryl methyl sites for hydroxylation is 1. The van der Waals surface area contributed by atoms with Crippen LogP contribution >= 0.6 is 11.6 Å². The first-order valence-corrected chi connectivity index (χ1v) is 5.94. The summed E-state index contributed by atoms with van der Waals surface area (Å²) >= 11 is 6.24. The van der Waals surface area contributed by atoms with Gasteiger partial charge in [-0.25, -0.2) is 4.68 Å². The maximum absolute atomic E-state index is 6.24. The predicted molar refractivity (Wildman–Crippen MR) is 68.8 cm³/mol. The summed E-state index contributed by atoms with van der Waals surface area (Å²) in [5, 5.41) is 11.8. The maximum atomic E-state index is 6.24. The van der Waals surface area contributed by atoms with Gasteiger partial charge in [-0.1, -0.05) is 35.9 Å². The van der Waals surface area contributed by atoms with Crippen molar-refractivity contribution >= 4 is 11.6 Å². The first kappa shape index (κ1) is 12.1. The predicted octanol–water partition coefficient (Wildman–Crippen LogP) is 2.25. The van der Waals surface area contributed by atoms with Crippen molar-refractivity contribution in [1.82, 2.24) is 20.3 Å². The lowest BCUT2D eigenvalue weighted by Gasteiger charge is -2.07. The minimum atomic E-state index is 0.768. The van der Waals surface area contributed by atoms with Gasteiger partial charge >= 0.3 is 0 Å². The van der Waals surface area contributed by atoms with Gasteiger partial charge in [0.15, 0.2) is 0 Å². The Morgan fingerprint density at radius 1 is 1.41 bits per heavy atom. The van der Waals surface area contributed by atoms with Crippen LogP contribution < -0.4 is 5.32 Å². The highest BCUT2D eigenvalue weighted by atomic mass is 35.5. The molecule has 0 radical (unpaired) electrons. The molecule has 0 aliphatic carbocycles. The molecule has 0 fully saturated rings. The van der Waals surface area contributed by atoms with Crippen LogP contribution in [-0.2, 0) is 13.6 Å². The third-order valence-electron chi connectivity index (χ3n) is 2.63. The molecule has 5 heteroatoms. The van der Waals surface area contributed by atoms with E-state index in [4.69, 9.17) is 11.6 Å². The van der Waals surface area contributed by atoms with Crippen molar-refractivity contribution in [2.24, 2.45) is 7.05 Å². The molecule has 0 aliphatic rings. The average Bonchev–Trinajstić information content (AvgIpc) is 2.74. The molecule has 0 amide bonds. The molecule has 1 heterocycles. The second kappa shape index (κ2) is 5.29. The zero-order valence-corrected chi connectivity index (χ0v) is 10.7. The van der Waals surface area contributed by atoms with E-state index in [1.807, 2.05) is 25.2 Å². The van der Waals surface area contributed by atoms with Crippen molar-refractivity contribution in [2.75, 3.05) is 6.54 Å². The molecular formula is C12H15ClN4. The molecule has 90 valence electrons. The molecule has 0 saturated carbocycles. The Kier molecular flexibility index (Phi) is 3.76. The van der Waals surface area contributed by atoms with Gasteiger partial charge in [-0.3, -0.25) is 0 Å². The van der Waals surface area contributed by atoms with Gasteiger partial charge in [0.2, 0.25) is 0 Å². The Bertz CT molecular complexity index is 507. The summed E-state index contributed by atoms with van der Waals surface area (Å²) in [5.41, 5.74) is 3.09. The van der Waals surface area contributed by atoms with E-state index in [9.17, 15) is 0 Å². The number of rotatable bonds is 4. The zero-order valence-electron chi connectivity index (χ0n) is 9.94. The van der Waals surface area contributed by atoms with Gasteiger partial charge in [0.1, 0.15) is 0 Å². The van der Waals surface area contributed by atoms with Gasteiger partial charge in [-0.2, -0.15) is 0 Å². The third kappa shape index (κ3) is 2.65. The Morgan fingerprint density at radius 2 is 2.24 bits per heavy atom. The first-order valence-electron chi connectivity index (χ1n) is 5.56. The molecule has 1 N–H and O–H groups in total. The molecule has 1 aromatic carbocycles. The van der Waals surface area contributed by atoms with Crippen LogP contribution in [0.4, 0.5) is 0 Å². The second-order valence-corrected chi connectivity index (χ2v) is 4.24. The van der Waals surface area contributed by atoms with Crippen LogP contribution in [0.15, 0.2) is 24.4 Å². The molecule has 0 aliphatic heterocycles. The summed E-state index contributed by atoms with van der Waals surface area (Å²) in [4.78, 5) is 0. The number of aromatic nitrogens is 3. The van der Waals surface area contributed by atoms with Crippen molar-refractivity contribution in [1.29, 1.82) is 0 Å². The lowest BCUT2D eigenvalue weighted by molar-refractivity contribution is 0.720. The van der Waals surface area contributed by atoms with E-state index < -0.39 is 0 Å². The lowest BCUT2D eigenvalue weighted by atomic mass is 10.1. The smallest absolute Gasteiger partial charge is 0.0882 e. The average molecular weight is 251 g/mol. The SMILES string of the molecule is CCNCc1ccc(-c2cnnn2C)cc1Cl. The highest BCUT2D eigenvalue weighted by Crippen LogP contribution is 2.24. The minimum absolute atomic E-state index is 0.768. The van der Waals surface area contributed by atoms with Gasteiger partial charge in [-0.15, -0.1) is 5.10 Å². The van der Waals surface area contributed by atoms with Gasteiger partial charge < -0.3 is 5.32 Å². The summed E-state index contributed by atoms with van der Waals surface area (Å²) in [5.74, 6) is 0. The molecule has 0 bridgehead atoms. The van der Waals surface area contributed by atoms with E-state index in [1.165, 1.54) is 0 Å². The van der Waals surface area contributed by atoms with E-state index in [2.05, 4.69) is 22.6 Å². The minimum Gasteiger partial charge on any atom is -0.313 e. The zero-order chi connectivity index (χ0) is 12.3. The molecule has 0 atom stereocenters. The Morgan fingerprint density at radius 3 is 2.82 bits per heavy atom. The van der Waals surface area contributed by atoms with E-state index in [-0.39, 0.29) is 0 Å². The molecule has 0 unspecified atom stereocenters. The van der Waals surface area contributed by atoms with Crippen LogP contribution in [-0.4, -0.2) is 21.5 Å². The molecule has 4 nitrogen and oxygen atoms in total. The fourth-order valence-electron chi connectivity index (χ4n) is 1.66. The van der Waals surface area contributed by atoms with Crippen LogP contribution in [0.3, 0.4) is 0 Å². The highest BCUT2D eigenvalue weighted by Gasteiger charge is 2.06. The van der Waals surface area contributed by atoms with E-state index in [0.29, 0.717) is 0 Å². The maximum Gasteiger partial charge on any atom is 0.0882 e. The number of nitrogens with one attached hydrogen (secondary N) is 1. The summed E-state index contributed by atoms with van der Waals surface area (Å²) in [6.07, 6.45) is 1.73. The summed E-state index contributed by atoms with van der Waals surface area (Å²) in [6, 6.07) is 6.03.